The van der Waals surface area contributed by atoms with Gasteiger partial charge in [-0.2, -0.15) is 11.3 Å². The van der Waals surface area contributed by atoms with Crippen LogP contribution in [-0.2, 0) is 6.54 Å². The van der Waals surface area contributed by atoms with E-state index in [1.54, 1.807) is 11.3 Å². The van der Waals surface area contributed by atoms with Gasteiger partial charge in [-0.1, -0.05) is 42.5 Å². The summed E-state index contributed by atoms with van der Waals surface area (Å²) in [5.74, 6) is 0. The van der Waals surface area contributed by atoms with Crippen molar-refractivity contribution >= 4 is 28.1 Å². The van der Waals surface area contributed by atoms with E-state index in [0.717, 1.165) is 21.9 Å². The van der Waals surface area contributed by atoms with E-state index in [1.807, 2.05) is 41.1 Å². The van der Waals surface area contributed by atoms with Crippen LogP contribution in [0.5, 0.6) is 0 Å². The number of carbonyl (C=O) groups excluding carboxylic acids is 1. The maximum absolute atomic E-state index is 11.9. The van der Waals surface area contributed by atoms with E-state index >= 15 is 0 Å². The highest BCUT2D eigenvalue weighted by molar-refractivity contribution is 7.07. The summed E-state index contributed by atoms with van der Waals surface area (Å²) < 4.78 is 0. The molecule has 4 nitrogen and oxygen atoms in total. The van der Waals surface area contributed by atoms with Crippen LogP contribution in [0.3, 0.4) is 0 Å². The van der Waals surface area contributed by atoms with E-state index in [-0.39, 0.29) is 6.03 Å². The van der Waals surface area contributed by atoms with E-state index in [1.165, 1.54) is 0 Å². The van der Waals surface area contributed by atoms with Crippen LogP contribution in [0.2, 0.25) is 0 Å². The van der Waals surface area contributed by atoms with Crippen LogP contribution < -0.4 is 10.6 Å². The Hall–Kier alpha value is -2.37. The molecule has 0 fully saturated rings. The smallest absolute Gasteiger partial charge is 0.315 e. The number of urea groups is 1. The topological polar surface area (TPSA) is 61.4 Å². The lowest BCUT2D eigenvalue weighted by atomic mass is 10.0. The van der Waals surface area contributed by atoms with Gasteiger partial charge in [0.05, 0.1) is 6.10 Å². The van der Waals surface area contributed by atoms with E-state index in [4.69, 9.17) is 0 Å². The van der Waals surface area contributed by atoms with Gasteiger partial charge in [0.1, 0.15) is 0 Å². The molecule has 0 bridgehead atoms. The van der Waals surface area contributed by atoms with Crippen LogP contribution in [0.15, 0.2) is 59.3 Å². The third-order valence-corrected chi connectivity index (χ3v) is 4.65. The number of fused-ring (bicyclic) bond motifs is 1. The van der Waals surface area contributed by atoms with Crippen LogP contribution >= 0.6 is 11.3 Å². The first-order chi connectivity index (χ1) is 11.7. The molecule has 0 radical (unpaired) electrons. The third-order valence-electron chi connectivity index (χ3n) is 3.95. The summed E-state index contributed by atoms with van der Waals surface area (Å²) in [6.07, 6.45) is -0.0343. The van der Waals surface area contributed by atoms with Gasteiger partial charge in [0, 0.05) is 13.1 Å². The fourth-order valence-electron chi connectivity index (χ4n) is 2.64. The molecule has 1 heterocycles. The Morgan fingerprint density at radius 3 is 2.75 bits per heavy atom. The van der Waals surface area contributed by atoms with E-state index in [2.05, 4.69) is 28.8 Å². The number of benzene rings is 2. The zero-order valence-electron chi connectivity index (χ0n) is 13.2. The number of rotatable bonds is 6. The molecule has 3 rings (SSSR count). The highest BCUT2D eigenvalue weighted by Crippen LogP contribution is 2.19. The van der Waals surface area contributed by atoms with Gasteiger partial charge in [0.15, 0.2) is 0 Å². The van der Waals surface area contributed by atoms with Crippen molar-refractivity contribution in [2.45, 2.75) is 19.1 Å². The lowest BCUT2D eigenvalue weighted by Crippen LogP contribution is -2.36. The van der Waals surface area contributed by atoms with Crippen LogP contribution in [-0.4, -0.2) is 17.7 Å². The quantitative estimate of drug-likeness (QED) is 0.639. The first-order valence-electron chi connectivity index (χ1n) is 7.92. The summed E-state index contributed by atoms with van der Waals surface area (Å²) in [7, 11) is 0. The van der Waals surface area contributed by atoms with E-state index < -0.39 is 6.10 Å². The summed E-state index contributed by atoms with van der Waals surface area (Å²) in [5.41, 5.74) is 1.99. The summed E-state index contributed by atoms with van der Waals surface area (Å²) >= 11 is 1.55. The fraction of sp³-hybridized carbons (Fsp3) is 0.211. The van der Waals surface area contributed by atoms with Crippen molar-refractivity contribution in [1.82, 2.24) is 10.6 Å². The molecular formula is C19H20N2O2S. The monoisotopic (exact) mass is 340 g/mol. The molecule has 1 unspecified atom stereocenters. The average molecular weight is 340 g/mol. The van der Waals surface area contributed by atoms with Gasteiger partial charge < -0.3 is 15.7 Å². The van der Waals surface area contributed by atoms with Crippen molar-refractivity contribution in [1.29, 1.82) is 0 Å². The predicted octanol–water partition coefficient (Wildman–Crippen LogP) is 3.82. The lowest BCUT2D eigenvalue weighted by Gasteiger charge is -2.12. The highest BCUT2D eigenvalue weighted by atomic mass is 32.1. The van der Waals surface area contributed by atoms with Crippen LogP contribution in [0.25, 0.3) is 10.8 Å². The molecule has 24 heavy (non-hydrogen) atoms. The fourth-order valence-corrected chi connectivity index (χ4v) is 3.35. The molecule has 3 N–H and O–H groups in total. The predicted molar refractivity (Wildman–Crippen MR) is 98.1 cm³/mol. The summed E-state index contributed by atoms with van der Waals surface area (Å²) in [4.78, 5) is 11.9. The highest BCUT2D eigenvalue weighted by Gasteiger charge is 2.08. The molecular weight excluding hydrogens is 320 g/mol. The maximum atomic E-state index is 11.9. The van der Waals surface area contributed by atoms with Crippen LogP contribution in [0.1, 0.15) is 23.7 Å². The van der Waals surface area contributed by atoms with Gasteiger partial charge in [0.2, 0.25) is 0 Å². The van der Waals surface area contributed by atoms with Crippen molar-refractivity contribution < 1.29 is 9.90 Å². The minimum atomic E-state index is -0.533. The molecule has 0 aliphatic rings. The zero-order chi connectivity index (χ0) is 16.8. The van der Waals surface area contributed by atoms with E-state index in [9.17, 15) is 9.90 Å². The molecule has 124 valence electrons. The number of carbonyl (C=O) groups is 1. The molecule has 2 amide bonds. The van der Waals surface area contributed by atoms with Crippen molar-refractivity contribution in [2.75, 3.05) is 6.54 Å². The number of aliphatic hydroxyl groups is 1. The molecule has 0 aliphatic heterocycles. The van der Waals surface area contributed by atoms with Crippen LogP contribution in [0.4, 0.5) is 4.79 Å². The second-order valence-corrected chi connectivity index (χ2v) is 6.39. The maximum Gasteiger partial charge on any atom is 0.315 e. The van der Waals surface area contributed by atoms with Crippen LogP contribution in [0, 0.1) is 0 Å². The summed E-state index contributed by atoms with van der Waals surface area (Å²) in [5, 5.41) is 21.8. The minimum absolute atomic E-state index is 0.222. The van der Waals surface area contributed by atoms with E-state index in [0.29, 0.717) is 19.5 Å². The van der Waals surface area contributed by atoms with Gasteiger partial charge in [0.25, 0.3) is 0 Å². The lowest BCUT2D eigenvalue weighted by molar-refractivity contribution is 0.167. The van der Waals surface area contributed by atoms with Crippen molar-refractivity contribution in [3.63, 3.8) is 0 Å². The number of hydrogen-bond donors (Lipinski definition) is 3. The first-order valence-corrected chi connectivity index (χ1v) is 8.87. The first kappa shape index (κ1) is 16.5. The minimum Gasteiger partial charge on any atom is -0.388 e. The number of nitrogens with one attached hydrogen (secondary N) is 2. The number of amides is 2. The Balaban J connectivity index is 1.47. The number of aliphatic hydroxyl groups excluding tert-OH is 1. The SMILES string of the molecule is O=C(NCCC(O)c1ccsc1)NCc1cccc2ccccc12. The molecule has 2 aromatic carbocycles. The van der Waals surface area contributed by atoms with Crippen molar-refractivity contribution in [3.8, 4) is 0 Å². The number of hydrogen-bond acceptors (Lipinski definition) is 3. The molecule has 1 atom stereocenters. The third kappa shape index (κ3) is 4.13. The molecule has 0 saturated carbocycles. The Morgan fingerprint density at radius 2 is 1.92 bits per heavy atom. The van der Waals surface area contributed by atoms with Gasteiger partial charge in [-0.3, -0.25) is 0 Å². The summed E-state index contributed by atoms with van der Waals surface area (Å²) in [6, 6.07) is 15.9. The zero-order valence-corrected chi connectivity index (χ0v) is 14.1. The van der Waals surface area contributed by atoms with Gasteiger partial charge in [-0.05, 0) is 45.1 Å². The molecule has 1 aromatic heterocycles. The standard InChI is InChI=1S/C19H20N2O2S/c22-18(16-9-11-24-13-16)8-10-20-19(23)21-12-15-6-3-5-14-4-1-2-7-17(14)15/h1-7,9,11,13,18,22H,8,10,12H2,(H2,20,21,23). The number of thiophene rings is 1. The second-order valence-electron chi connectivity index (χ2n) is 5.61. The molecule has 5 heteroatoms. The molecule has 0 spiro atoms. The normalized spacial score (nSPS) is 12.0. The van der Waals surface area contributed by atoms with Gasteiger partial charge in [-0.15, -0.1) is 0 Å². The Labute approximate surface area is 145 Å². The largest absolute Gasteiger partial charge is 0.388 e. The average Bonchev–Trinajstić information content (AvgIpc) is 3.14. The molecule has 0 saturated heterocycles. The molecule has 3 aromatic rings. The van der Waals surface area contributed by atoms with Gasteiger partial charge >= 0.3 is 6.03 Å². The van der Waals surface area contributed by atoms with Crippen molar-refractivity contribution in [2.24, 2.45) is 0 Å². The Morgan fingerprint density at radius 1 is 1.08 bits per heavy atom. The molecule has 0 aliphatic carbocycles. The van der Waals surface area contributed by atoms with Gasteiger partial charge in [-0.25, -0.2) is 4.79 Å². The summed E-state index contributed by atoms with van der Waals surface area (Å²) in [6.45, 7) is 0.901. The Bertz CT molecular complexity index is 797. The van der Waals surface area contributed by atoms with Crippen molar-refractivity contribution in [3.05, 3.63) is 70.4 Å². The second kappa shape index (κ2) is 7.95. The Kier molecular flexibility index (Phi) is 5.46.